The van der Waals surface area contributed by atoms with E-state index >= 15 is 0 Å². The predicted molar refractivity (Wildman–Crippen MR) is 217 cm³/mol. The molecule has 4 nitrogen and oxygen atoms in total. The SMILES string of the molecule is C1=C(c2ccccc2)CCC(c2nc(-c3ccc4c(c3)oc3cccc(-c5cccc(-c6ccccc6)c5)c34)nc(C3C=c4ccccc4=CC3)n2)=C1. The van der Waals surface area contributed by atoms with Crippen molar-refractivity contribution in [1.29, 1.82) is 0 Å². The number of furan rings is 1. The Morgan fingerprint density at radius 2 is 1.19 bits per heavy atom. The van der Waals surface area contributed by atoms with Gasteiger partial charge in [0.1, 0.15) is 17.0 Å². The molecule has 6 aromatic carbocycles. The molecule has 252 valence electrons. The molecule has 4 heteroatoms. The maximum Gasteiger partial charge on any atom is 0.163 e. The quantitative estimate of drug-likeness (QED) is 0.175. The second-order valence-electron chi connectivity index (χ2n) is 13.9. The summed E-state index contributed by atoms with van der Waals surface area (Å²) in [7, 11) is 0. The molecule has 53 heavy (non-hydrogen) atoms. The molecule has 0 saturated carbocycles. The van der Waals surface area contributed by atoms with Crippen molar-refractivity contribution in [2.75, 3.05) is 0 Å². The van der Waals surface area contributed by atoms with Crippen LogP contribution in [0, 0.1) is 0 Å². The van der Waals surface area contributed by atoms with Crippen LogP contribution in [-0.2, 0) is 0 Å². The largest absolute Gasteiger partial charge is 0.456 e. The Labute approximate surface area is 307 Å². The first-order chi connectivity index (χ1) is 26.2. The molecule has 2 aromatic heterocycles. The number of hydrogen-bond acceptors (Lipinski definition) is 4. The Bertz CT molecular complexity index is 2870. The normalized spacial score (nSPS) is 15.3. The van der Waals surface area contributed by atoms with E-state index in [4.69, 9.17) is 19.4 Å². The summed E-state index contributed by atoms with van der Waals surface area (Å²) >= 11 is 0. The van der Waals surface area contributed by atoms with Crippen LogP contribution in [0.5, 0.6) is 0 Å². The predicted octanol–water partition coefficient (Wildman–Crippen LogP) is 10.8. The van der Waals surface area contributed by atoms with E-state index in [9.17, 15) is 0 Å². The van der Waals surface area contributed by atoms with Crippen molar-refractivity contribution >= 4 is 45.2 Å². The van der Waals surface area contributed by atoms with Gasteiger partial charge in [0.05, 0.1) is 0 Å². The molecule has 0 N–H and O–H groups in total. The molecular formula is C49H35N3O. The highest BCUT2D eigenvalue weighted by molar-refractivity contribution is 6.13. The number of fused-ring (bicyclic) bond motifs is 4. The molecule has 1 atom stereocenters. The molecular weight excluding hydrogens is 647 g/mol. The topological polar surface area (TPSA) is 51.8 Å². The average molecular weight is 682 g/mol. The Balaban J connectivity index is 1.08. The van der Waals surface area contributed by atoms with Crippen molar-refractivity contribution < 1.29 is 4.42 Å². The lowest BCUT2D eigenvalue weighted by atomic mass is 9.92. The minimum atomic E-state index is 0.0501. The van der Waals surface area contributed by atoms with Crippen molar-refractivity contribution in [3.05, 3.63) is 185 Å². The molecule has 1 unspecified atom stereocenters. The van der Waals surface area contributed by atoms with E-state index in [1.807, 2.05) is 0 Å². The minimum absolute atomic E-state index is 0.0501. The molecule has 0 saturated heterocycles. The molecule has 10 rings (SSSR count). The van der Waals surface area contributed by atoms with Gasteiger partial charge in [0.2, 0.25) is 0 Å². The fourth-order valence-corrected chi connectivity index (χ4v) is 7.82. The third-order valence-corrected chi connectivity index (χ3v) is 10.6. The lowest BCUT2D eigenvalue weighted by Crippen LogP contribution is -2.28. The van der Waals surface area contributed by atoms with Gasteiger partial charge in [0.25, 0.3) is 0 Å². The second kappa shape index (κ2) is 13.2. The summed E-state index contributed by atoms with van der Waals surface area (Å²) in [5.74, 6) is 2.24. The number of benzene rings is 6. The van der Waals surface area contributed by atoms with E-state index in [0.29, 0.717) is 5.82 Å². The van der Waals surface area contributed by atoms with E-state index in [2.05, 4.69) is 170 Å². The molecule has 2 aliphatic rings. The van der Waals surface area contributed by atoms with Gasteiger partial charge in [0, 0.05) is 22.3 Å². The summed E-state index contributed by atoms with van der Waals surface area (Å²) in [6.45, 7) is 0. The van der Waals surface area contributed by atoms with Gasteiger partial charge in [-0.3, -0.25) is 0 Å². The number of hydrogen-bond donors (Lipinski definition) is 0. The first-order valence-electron chi connectivity index (χ1n) is 18.3. The van der Waals surface area contributed by atoms with Crippen LogP contribution < -0.4 is 10.4 Å². The summed E-state index contributed by atoms with van der Waals surface area (Å²) in [6, 6.07) is 51.1. The van der Waals surface area contributed by atoms with Crippen molar-refractivity contribution in [2.45, 2.75) is 25.2 Å². The van der Waals surface area contributed by atoms with E-state index in [0.717, 1.165) is 75.1 Å². The van der Waals surface area contributed by atoms with Gasteiger partial charge in [-0.15, -0.1) is 0 Å². The highest BCUT2D eigenvalue weighted by Crippen LogP contribution is 2.39. The molecule has 0 fully saturated rings. The number of nitrogens with zero attached hydrogens (tertiary/aromatic N) is 3. The average Bonchev–Trinajstić information content (AvgIpc) is 3.62. The fourth-order valence-electron chi connectivity index (χ4n) is 7.82. The van der Waals surface area contributed by atoms with Crippen LogP contribution >= 0.6 is 0 Å². The van der Waals surface area contributed by atoms with Gasteiger partial charge < -0.3 is 4.42 Å². The molecule has 2 heterocycles. The van der Waals surface area contributed by atoms with Gasteiger partial charge in [-0.25, -0.2) is 15.0 Å². The van der Waals surface area contributed by atoms with Crippen LogP contribution in [0.4, 0.5) is 0 Å². The van der Waals surface area contributed by atoms with E-state index in [1.54, 1.807) is 0 Å². The van der Waals surface area contributed by atoms with Crippen molar-refractivity contribution in [1.82, 2.24) is 15.0 Å². The maximum atomic E-state index is 6.58. The third-order valence-electron chi connectivity index (χ3n) is 10.6. The number of aromatic nitrogens is 3. The monoisotopic (exact) mass is 681 g/mol. The van der Waals surface area contributed by atoms with Crippen molar-refractivity contribution in [3.8, 4) is 33.6 Å². The van der Waals surface area contributed by atoms with Crippen LogP contribution in [0.1, 0.15) is 42.4 Å². The fraction of sp³-hybridized carbons (Fsp3) is 0.0816. The highest BCUT2D eigenvalue weighted by atomic mass is 16.3. The summed E-state index contributed by atoms with van der Waals surface area (Å²) in [4.78, 5) is 15.5. The second-order valence-corrected chi connectivity index (χ2v) is 13.9. The van der Waals surface area contributed by atoms with Crippen LogP contribution in [0.15, 0.2) is 162 Å². The van der Waals surface area contributed by atoms with Gasteiger partial charge in [-0.1, -0.05) is 146 Å². The van der Waals surface area contributed by atoms with E-state index in [1.165, 1.54) is 32.7 Å². The molecule has 0 amide bonds. The zero-order valence-electron chi connectivity index (χ0n) is 29.1. The van der Waals surface area contributed by atoms with Crippen molar-refractivity contribution in [3.63, 3.8) is 0 Å². The Morgan fingerprint density at radius 1 is 0.491 bits per heavy atom. The van der Waals surface area contributed by atoms with Crippen LogP contribution in [0.3, 0.4) is 0 Å². The number of rotatable bonds is 6. The van der Waals surface area contributed by atoms with Gasteiger partial charge in [0.15, 0.2) is 11.6 Å². The molecule has 0 aliphatic heterocycles. The van der Waals surface area contributed by atoms with Crippen LogP contribution in [0.2, 0.25) is 0 Å². The van der Waals surface area contributed by atoms with Crippen molar-refractivity contribution in [2.24, 2.45) is 0 Å². The summed E-state index contributed by atoms with van der Waals surface area (Å²) in [6.07, 6.45) is 11.7. The molecule has 8 aromatic rings. The van der Waals surface area contributed by atoms with Crippen LogP contribution in [0.25, 0.3) is 78.9 Å². The van der Waals surface area contributed by atoms with Gasteiger partial charge in [-0.05, 0) is 92.9 Å². The first kappa shape index (κ1) is 31.1. The summed E-state index contributed by atoms with van der Waals surface area (Å²) in [5, 5.41) is 4.65. The maximum absolute atomic E-state index is 6.58. The third kappa shape index (κ3) is 5.88. The van der Waals surface area contributed by atoms with E-state index in [-0.39, 0.29) is 5.92 Å². The molecule has 0 spiro atoms. The zero-order valence-corrected chi connectivity index (χ0v) is 29.1. The molecule has 2 aliphatic carbocycles. The van der Waals surface area contributed by atoms with Gasteiger partial charge >= 0.3 is 0 Å². The van der Waals surface area contributed by atoms with Crippen LogP contribution in [-0.4, -0.2) is 15.0 Å². The Kier molecular flexibility index (Phi) is 7.72. The van der Waals surface area contributed by atoms with E-state index < -0.39 is 0 Å². The first-order valence-corrected chi connectivity index (χ1v) is 18.3. The summed E-state index contributed by atoms with van der Waals surface area (Å²) in [5.41, 5.74) is 11.0. The smallest absolute Gasteiger partial charge is 0.163 e. The standard InChI is InChI=1S/C49H35N3O/c1-3-11-32(12-4-1)35-21-24-36(25-22-35)47-50-48(40-26-23-34-15-7-8-16-37(34)30-40)52-49(51-47)41-27-28-43-45(31-41)53-44-20-10-19-42(46(43)44)39-18-9-17-38(29-39)33-13-5-2-6-14-33/h1-21,23-24,27-31,40H,22,25-26H2. The Hall–Kier alpha value is -6.65. The summed E-state index contributed by atoms with van der Waals surface area (Å²) < 4.78 is 6.58. The zero-order chi connectivity index (χ0) is 35.1. The molecule has 0 radical (unpaired) electrons. The lowest BCUT2D eigenvalue weighted by Gasteiger charge is -2.18. The Morgan fingerprint density at radius 3 is 2.02 bits per heavy atom. The highest BCUT2D eigenvalue weighted by Gasteiger charge is 2.21. The van der Waals surface area contributed by atoms with Gasteiger partial charge in [-0.2, -0.15) is 0 Å². The molecule has 0 bridgehead atoms. The minimum Gasteiger partial charge on any atom is -0.456 e. The lowest BCUT2D eigenvalue weighted by molar-refractivity contribution is 0.669. The number of allylic oxidation sites excluding steroid dienone is 4.